The Labute approximate surface area is 440 Å². The topological polar surface area (TPSA) is 91.9 Å². The van der Waals surface area contributed by atoms with Crippen molar-refractivity contribution < 1.29 is 9.47 Å². The van der Waals surface area contributed by atoms with Gasteiger partial charge in [-0.05, 0) is 75.8 Å². The van der Waals surface area contributed by atoms with Crippen LogP contribution in [-0.4, -0.2) is 65.5 Å². The van der Waals surface area contributed by atoms with Gasteiger partial charge in [0.25, 0.3) is 0 Å². The minimum atomic E-state index is -1.06. The fourth-order valence-electron chi connectivity index (χ4n) is 6.18. The van der Waals surface area contributed by atoms with Gasteiger partial charge in [0.05, 0.1) is 70.9 Å². The van der Waals surface area contributed by atoms with Crippen molar-refractivity contribution in [3.05, 3.63) is 115 Å². The number of rotatable bonds is 11. The van der Waals surface area contributed by atoms with Crippen LogP contribution in [0.3, 0.4) is 0 Å². The number of allylic oxidation sites excluding steroid dienone is 2. The largest absolute Gasteiger partial charge is 0.387 e. The summed E-state index contributed by atoms with van der Waals surface area (Å²) in [5, 5.41) is 8.81. The molecule has 0 spiro atoms. The lowest BCUT2D eigenvalue weighted by molar-refractivity contribution is 0.0898. The third-order valence-electron chi connectivity index (χ3n) is 9.68. The average molecular weight is 1280 g/mol. The highest BCUT2D eigenvalue weighted by Crippen LogP contribution is 2.39. The minimum Gasteiger partial charge on any atom is -0.387 e. The van der Waals surface area contributed by atoms with Gasteiger partial charge >= 0.3 is 0 Å². The van der Waals surface area contributed by atoms with E-state index in [1.54, 1.807) is 24.8 Å². The van der Waals surface area contributed by atoms with Crippen molar-refractivity contribution in [3.8, 4) is 0 Å². The number of pyridine rings is 4. The lowest BCUT2D eigenvalue weighted by Gasteiger charge is -2.15. The first kappa shape index (κ1) is 53.9. The van der Waals surface area contributed by atoms with Crippen molar-refractivity contribution >= 4 is 188 Å². The molecular weight excluding hydrogens is 1240 g/mol. The second kappa shape index (κ2) is 24.0. The van der Waals surface area contributed by atoms with E-state index >= 15 is 0 Å². The monoisotopic (exact) mass is 1270 g/mol. The van der Waals surface area contributed by atoms with Crippen molar-refractivity contribution in [1.29, 1.82) is 0 Å². The van der Waals surface area contributed by atoms with Gasteiger partial charge in [-0.3, -0.25) is 9.97 Å². The normalized spacial score (nSPS) is 12.9. The van der Waals surface area contributed by atoms with Gasteiger partial charge < -0.3 is 23.9 Å². The zero-order valence-electron chi connectivity index (χ0n) is 36.1. The van der Waals surface area contributed by atoms with Crippen LogP contribution in [0.2, 0.25) is 76.5 Å². The summed E-state index contributed by atoms with van der Waals surface area (Å²) >= 11 is 50.2. The van der Waals surface area contributed by atoms with E-state index in [0.29, 0.717) is 38.6 Å². The van der Waals surface area contributed by atoms with E-state index in [1.807, 2.05) is 40.7 Å². The second-order valence-electron chi connectivity index (χ2n) is 17.0. The Morgan fingerprint density at radius 3 is 1.67 bits per heavy atom. The summed E-state index contributed by atoms with van der Waals surface area (Å²) in [4.78, 5) is 17.3. The fourth-order valence-corrected chi connectivity index (χ4v) is 10.8. The van der Waals surface area contributed by atoms with Crippen LogP contribution in [0.5, 0.6) is 0 Å². The number of anilines is 1. The van der Waals surface area contributed by atoms with E-state index in [4.69, 9.17) is 79.1 Å². The van der Waals surface area contributed by atoms with Gasteiger partial charge in [0.1, 0.15) is 24.8 Å². The summed E-state index contributed by atoms with van der Waals surface area (Å²) in [6.07, 6.45) is 18.3. The number of aromatic nitrogens is 6. The van der Waals surface area contributed by atoms with Gasteiger partial charge in [0.2, 0.25) is 0 Å². The van der Waals surface area contributed by atoms with Crippen LogP contribution in [0.25, 0.3) is 33.2 Å². The molecule has 6 aromatic heterocycles. The number of nitrogens with zero attached hydrogens (tertiary/aromatic N) is 6. The minimum absolute atomic E-state index is 0.443. The molecule has 2 aliphatic carbocycles. The molecule has 0 radical (unpaired) electrons. The third kappa shape index (κ3) is 14.3. The Balaban J connectivity index is 0.000000166. The summed E-state index contributed by atoms with van der Waals surface area (Å²) in [7, 11) is -0.249. The van der Waals surface area contributed by atoms with Gasteiger partial charge in [0.15, 0.2) is 0 Å². The molecule has 0 saturated heterocycles. The molecule has 0 bridgehead atoms. The highest BCUT2D eigenvalue weighted by Gasteiger charge is 2.20. The van der Waals surface area contributed by atoms with Crippen molar-refractivity contribution in [2.75, 3.05) is 25.6 Å². The van der Waals surface area contributed by atoms with E-state index in [1.165, 1.54) is 0 Å². The maximum atomic E-state index is 6.35. The number of ether oxygens (including phenoxy) is 2. The molecule has 0 unspecified atom stereocenters. The van der Waals surface area contributed by atoms with Crippen LogP contribution in [0.15, 0.2) is 67.2 Å². The number of hydrogen-bond donors (Lipinski definition) is 1. The number of nitrogens with one attached hydrogen (secondary N) is 1. The molecule has 0 aliphatic heterocycles. The predicted octanol–water partition coefficient (Wildman–Crippen LogP) is 16.9. The average Bonchev–Trinajstić information content (AvgIpc) is 4.02. The molecule has 64 heavy (non-hydrogen) atoms. The Morgan fingerprint density at radius 2 is 1.11 bits per heavy atom. The molecule has 21 heteroatoms. The van der Waals surface area contributed by atoms with Crippen molar-refractivity contribution in [3.63, 3.8) is 0 Å². The molecule has 0 aromatic carbocycles. The van der Waals surface area contributed by atoms with E-state index in [-0.39, 0.29) is 0 Å². The molecule has 6 aromatic rings. The number of halogens is 10. The highest BCUT2D eigenvalue weighted by atomic mass is 79.9. The van der Waals surface area contributed by atoms with E-state index < -0.39 is 16.1 Å². The van der Waals surface area contributed by atoms with E-state index in [0.717, 1.165) is 111 Å². The SMILES string of the molecule is CNc1c(Br)cnc2c1c(Cl)cn2COCC[Si](C)(C)C.C[Si](C)(C)CCOCn1cc(Cl)c2c(Cl)c(Br)cnc21.ClC1=CCc2ncc(Br)c(Cl)c21.Clc1c(Br)cnc2c1C=CC2. The molecule has 0 amide bonds. The smallest absolute Gasteiger partial charge is 0.145 e. The maximum absolute atomic E-state index is 6.35. The molecule has 8 rings (SSSR count). The summed E-state index contributed by atoms with van der Waals surface area (Å²) in [5.74, 6) is 0. The Bertz CT molecular complexity index is 2690. The first-order valence-corrected chi connectivity index (χ1v) is 32.8. The van der Waals surface area contributed by atoms with Gasteiger partial charge in [-0.25, -0.2) is 9.97 Å². The lowest BCUT2D eigenvalue weighted by atomic mass is 10.2. The van der Waals surface area contributed by atoms with Crippen LogP contribution in [0, 0.1) is 0 Å². The van der Waals surface area contributed by atoms with Crippen molar-refractivity contribution in [2.45, 2.75) is 77.7 Å². The van der Waals surface area contributed by atoms with Gasteiger partial charge in [0, 0.05) is 103 Å². The predicted molar refractivity (Wildman–Crippen MR) is 292 cm³/mol. The zero-order chi connectivity index (χ0) is 47.1. The van der Waals surface area contributed by atoms with Crippen LogP contribution < -0.4 is 5.32 Å². The van der Waals surface area contributed by atoms with Gasteiger partial charge in [-0.2, -0.15) is 0 Å². The number of hydrogen-bond acceptors (Lipinski definition) is 7. The van der Waals surface area contributed by atoms with Crippen LogP contribution in [0.4, 0.5) is 5.69 Å². The Kier molecular flexibility index (Phi) is 20.2. The Hall–Kier alpha value is -1.03. The molecule has 0 saturated carbocycles. The highest BCUT2D eigenvalue weighted by molar-refractivity contribution is 9.11. The van der Waals surface area contributed by atoms with Gasteiger partial charge in [-0.15, -0.1) is 0 Å². The van der Waals surface area contributed by atoms with Crippen LogP contribution in [0.1, 0.15) is 22.5 Å². The van der Waals surface area contributed by atoms with Crippen LogP contribution in [-0.2, 0) is 35.8 Å². The summed E-state index contributed by atoms with van der Waals surface area (Å²) in [6, 6.07) is 2.29. The lowest BCUT2D eigenvalue weighted by Crippen LogP contribution is -2.22. The fraction of sp³-hybridized carbons (Fsp3) is 0.349. The molecule has 2 aliphatic rings. The number of fused-ring (bicyclic) bond motifs is 4. The maximum Gasteiger partial charge on any atom is 0.145 e. The third-order valence-corrected chi connectivity index (χ3v) is 18.3. The van der Waals surface area contributed by atoms with E-state index in [9.17, 15) is 0 Å². The first-order chi connectivity index (χ1) is 30.1. The van der Waals surface area contributed by atoms with E-state index in [2.05, 4.69) is 134 Å². The molecule has 6 heterocycles. The Morgan fingerprint density at radius 1 is 0.625 bits per heavy atom. The second-order valence-corrected chi connectivity index (χ2v) is 34.0. The molecule has 0 fully saturated rings. The standard InChI is InChI=1S/C14H21BrClN3OSi.C13H17BrCl2N2OSi.C8H4BrCl2N.C8H5BrClN/c1-17-13-10(15)7-18-14-12(13)11(16)8-19(14)9-20-5-6-21(2,3)4;1-20(2,3)5-4-19-8-18-7-10(15)11-12(16)9(14)6-17-13(11)18;9-4-3-12-6-2-1-5(10)7(6)8(4)11;9-6-4-11-7-3-1-2-5(7)8(6)10/h7-8H,5-6,9H2,1-4H3,(H,17,18);6-7H,4-5,8H2,1-3H3;1,3H,2H2;1-2,4H,3H2. The van der Waals surface area contributed by atoms with Crippen LogP contribution >= 0.6 is 133 Å². The molecule has 0 atom stereocenters. The molecule has 344 valence electrons. The van der Waals surface area contributed by atoms with Crippen molar-refractivity contribution in [1.82, 2.24) is 29.1 Å². The first-order valence-electron chi connectivity index (χ1n) is 19.9. The summed E-state index contributed by atoms with van der Waals surface area (Å²) < 4.78 is 18.7. The molecular formula is C43H47Br4Cl6N7O2Si2. The molecule has 9 nitrogen and oxygen atoms in total. The van der Waals surface area contributed by atoms with Gasteiger partial charge in [-0.1, -0.05) is 127 Å². The quantitative estimate of drug-likeness (QED) is 0.102. The van der Waals surface area contributed by atoms with Crippen molar-refractivity contribution in [2.24, 2.45) is 0 Å². The zero-order valence-corrected chi connectivity index (χ0v) is 49.0. The summed E-state index contributed by atoms with van der Waals surface area (Å²) in [6.45, 7) is 16.5. The summed E-state index contributed by atoms with van der Waals surface area (Å²) in [5.41, 5.74) is 6.47. The molecule has 1 N–H and O–H groups in total.